The zero-order valence-corrected chi connectivity index (χ0v) is 15.1. The summed E-state index contributed by atoms with van der Waals surface area (Å²) in [6, 6.07) is 6.47. The highest BCUT2D eigenvalue weighted by Crippen LogP contribution is 2.18. The Kier molecular flexibility index (Phi) is 8.09. The van der Waals surface area contributed by atoms with Crippen molar-refractivity contribution in [2.75, 3.05) is 24.5 Å². The van der Waals surface area contributed by atoms with E-state index >= 15 is 0 Å². The lowest BCUT2D eigenvalue weighted by atomic mass is 10.0. The fourth-order valence-electron chi connectivity index (χ4n) is 3.17. The smallest absolute Gasteiger partial charge is 0.237 e. The molecule has 0 bridgehead atoms. The van der Waals surface area contributed by atoms with E-state index in [2.05, 4.69) is 32.7 Å². The molecule has 1 aromatic rings. The molecule has 1 aromatic heterocycles. The number of carbonyl (C=O) groups is 1. The average Bonchev–Trinajstić information content (AvgIpc) is 3.02. The van der Waals surface area contributed by atoms with Crippen LogP contribution in [0.5, 0.6) is 0 Å². The van der Waals surface area contributed by atoms with Crippen LogP contribution in [0.25, 0.3) is 0 Å². The van der Waals surface area contributed by atoms with E-state index in [9.17, 15) is 4.79 Å². The summed E-state index contributed by atoms with van der Waals surface area (Å²) in [5.74, 6) is 1.23. The van der Waals surface area contributed by atoms with E-state index in [1.165, 1.54) is 0 Å². The zero-order valence-electron chi connectivity index (χ0n) is 13.5. The predicted octanol–water partition coefficient (Wildman–Crippen LogP) is 2.07. The molecule has 0 radical (unpaired) electrons. The normalized spacial score (nSPS) is 21.3. The van der Waals surface area contributed by atoms with Crippen molar-refractivity contribution in [1.82, 2.24) is 15.6 Å². The maximum atomic E-state index is 12.1. The molecule has 1 unspecified atom stereocenters. The highest BCUT2D eigenvalue weighted by Gasteiger charge is 2.26. The number of carbonyl (C=O) groups excluding carboxylic acids is 1. The first kappa shape index (κ1) is 20.0. The SMILES string of the molecule is Cc1cccc(N2CCC(NC(=O)C3CCCN3)CC2)n1.Cl.Cl. The summed E-state index contributed by atoms with van der Waals surface area (Å²) >= 11 is 0. The number of pyridine rings is 1. The summed E-state index contributed by atoms with van der Waals surface area (Å²) in [7, 11) is 0. The van der Waals surface area contributed by atoms with E-state index in [1.807, 2.05) is 13.0 Å². The Hall–Kier alpha value is -1.04. The van der Waals surface area contributed by atoms with Crippen molar-refractivity contribution in [3.05, 3.63) is 23.9 Å². The van der Waals surface area contributed by atoms with Crippen molar-refractivity contribution < 1.29 is 4.79 Å². The summed E-state index contributed by atoms with van der Waals surface area (Å²) < 4.78 is 0. The zero-order chi connectivity index (χ0) is 14.7. The van der Waals surface area contributed by atoms with Crippen molar-refractivity contribution in [2.24, 2.45) is 0 Å². The van der Waals surface area contributed by atoms with Gasteiger partial charge in [-0.2, -0.15) is 0 Å². The summed E-state index contributed by atoms with van der Waals surface area (Å²) in [6.07, 6.45) is 4.07. The Bertz CT molecular complexity index is 501. The predicted molar refractivity (Wildman–Crippen MR) is 97.9 cm³/mol. The number of aromatic nitrogens is 1. The second-order valence-electron chi connectivity index (χ2n) is 6.06. The lowest BCUT2D eigenvalue weighted by Gasteiger charge is -2.33. The molecule has 3 heterocycles. The first-order chi connectivity index (χ1) is 10.2. The monoisotopic (exact) mass is 360 g/mol. The van der Waals surface area contributed by atoms with E-state index < -0.39 is 0 Å². The van der Waals surface area contributed by atoms with Crippen molar-refractivity contribution in [2.45, 2.75) is 44.7 Å². The fourth-order valence-corrected chi connectivity index (χ4v) is 3.17. The van der Waals surface area contributed by atoms with E-state index in [1.54, 1.807) is 0 Å². The number of hydrogen-bond acceptors (Lipinski definition) is 4. The number of aryl methyl sites for hydroxylation is 1. The maximum absolute atomic E-state index is 12.1. The van der Waals surface area contributed by atoms with Gasteiger partial charge in [0.25, 0.3) is 0 Å². The molecule has 1 amide bonds. The molecule has 0 aromatic carbocycles. The standard InChI is InChI=1S/C16H24N4O.2ClH/c1-12-4-2-6-15(18-12)20-10-7-13(8-11-20)19-16(21)14-5-3-9-17-14;;/h2,4,6,13-14,17H,3,5,7-11H2,1H3,(H,19,21);2*1H. The number of piperidine rings is 1. The van der Waals surface area contributed by atoms with Crippen molar-refractivity contribution in [3.63, 3.8) is 0 Å². The molecule has 1 atom stereocenters. The molecule has 23 heavy (non-hydrogen) atoms. The molecule has 3 rings (SSSR count). The van der Waals surface area contributed by atoms with Crippen LogP contribution in [-0.2, 0) is 4.79 Å². The summed E-state index contributed by atoms with van der Waals surface area (Å²) in [5.41, 5.74) is 1.05. The van der Waals surface area contributed by atoms with Gasteiger partial charge < -0.3 is 15.5 Å². The van der Waals surface area contributed by atoms with Gasteiger partial charge in [-0.3, -0.25) is 4.79 Å². The summed E-state index contributed by atoms with van der Waals surface area (Å²) in [4.78, 5) is 19.0. The summed E-state index contributed by atoms with van der Waals surface area (Å²) in [5, 5.41) is 6.45. The van der Waals surface area contributed by atoms with Gasteiger partial charge in [-0.25, -0.2) is 4.98 Å². The second-order valence-corrected chi connectivity index (χ2v) is 6.06. The Labute approximate surface area is 150 Å². The first-order valence-corrected chi connectivity index (χ1v) is 7.95. The minimum absolute atomic E-state index is 0. The molecular formula is C16H26Cl2N4O. The molecule has 2 saturated heterocycles. The van der Waals surface area contributed by atoms with Crippen molar-refractivity contribution in [1.29, 1.82) is 0 Å². The third-order valence-corrected chi connectivity index (χ3v) is 4.42. The molecule has 0 aliphatic carbocycles. The lowest BCUT2D eigenvalue weighted by Crippen LogP contribution is -2.49. The summed E-state index contributed by atoms with van der Waals surface area (Å²) in [6.45, 7) is 4.90. The van der Waals surface area contributed by atoms with Crippen LogP contribution in [0.1, 0.15) is 31.4 Å². The van der Waals surface area contributed by atoms with E-state index in [4.69, 9.17) is 0 Å². The molecule has 5 nitrogen and oxygen atoms in total. The van der Waals surface area contributed by atoms with Gasteiger partial charge in [0.1, 0.15) is 5.82 Å². The molecule has 7 heteroatoms. The van der Waals surface area contributed by atoms with Crippen molar-refractivity contribution in [3.8, 4) is 0 Å². The maximum Gasteiger partial charge on any atom is 0.237 e. The molecule has 130 valence electrons. The lowest BCUT2D eigenvalue weighted by molar-refractivity contribution is -0.123. The first-order valence-electron chi connectivity index (χ1n) is 7.95. The van der Waals surface area contributed by atoms with Crippen LogP contribution in [-0.4, -0.2) is 42.6 Å². The van der Waals surface area contributed by atoms with Gasteiger partial charge >= 0.3 is 0 Å². The minimum atomic E-state index is 0. The molecule has 2 aliphatic rings. The van der Waals surface area contributed by atoms with Crippen LogP contribution < -0.4 is 15.5 Å². The highest BCUT2D eigenvalue weighted by molar-refractivity contribution is 5.85. The number of nitrogens with zero attached hydrogens (tertiary/aromatic N) is 2. The Morgan fingerprint density at radius 3 is 2.61 bits per heavy atom. The molecule has 2 N–H and O–H groups in total. The number of halogens is 2. The average molecular weight is 361 g/mol. The highest BCUT2D eigenvalue weighted by atomic mass is 35.5. The third-order valence-electron chi connectivity index (χ3n) is 4.42. The molecule has 0 saturated carbocycles. The Balaban J connectivity index is 0.00000132. The number of nitrogens with one attached hydrogen (secondary N) is 2. The van der Waals surface area contributed by atoms with E-state index in [0.717, 1.165) is 56.8 Å². The minimum Gasteiger partial charge on any atom is -0.356 e. The number of rotatable bonds is 3. The van der Waals surface area contributed by atoms with Crippen LogP contribution >= 0.6 is 24.8 Å². The Morgan fingerprint density at radius 2 is 2.00 bits per heavy atom. The fraction of sp³-hybridized carbons (Fsp3) is 0.625. The van der Waals surface area contributed by atoms with Crippen LogP contribution in [0.3, 0.4) is 0 Å². The van der Waals surface area contributed by atoms with Crippen LogP contribution in [0.4, 0.5) is 5.82 Å². The Morgan fingerprint density at radius 1 is 1.26 bits per heavy atom. The quantitative estimate of drug-likeness (QED) is 0.866. The van der Waals surface area contributed by atoms with Gasteiger partial charge in [-0.05, 0) is 51.3 Å². The van der Waals surface area contributed by atoms with Gasteiger partial charge in [-0.1, -0.05) is 6.07 Å². The van der Waals surface area contributed by atoms with Crippen LogP contribution in [0.2, 0.25) is 0 Å². The third kappa shape index (κ3) is 5.23. The molecule has 0 spiro atoms. The van der Waals surface area contributed by atoms with Crippen LogP contribution in [0, 0.1) is 6.92 Å². The van der Waals surface area contributed by atoms with Gasteiger partial charge in [0.2, 0.25) is 5.91 Å². The second kappa shape index (κ2) is 9.30. The van der Waals surface area contributed by atoms with Crippen molar-refractivity contribution >= 4 is 36.5 Å². The molecule has 2 fully saturated rings. The number of hydrogen-bond donors (Lipinski definition) is 2. The van der Waals surface area contributed by atoms with Crippen LogP contribution in [0.15, 0.2) is 18.2 Å². The molecule has 2 aliphatic heterocycles. The van der Waals surface area contributed by atoms with E-state index in [0.29, 0.717) is 6.04 Å². The number of amides is 1. The largest absolute Gasteiger partial charge is 0.356 e. The van der Waals surface area contributed by atoms with Gasteiger partial charge in [-0.15, -0.1) is 24.8 Å². The van der Waals surface area contributed by atoms with Gasteiger partial charge in [0.05, 0.1) is 6.04 Å². The van der Waals surface area contributed by atoms with Gasteiger partial charge in [0.15, 0.2) is 0 Å². The van der Waals surface area contributed by atoms with Gasteiger partial charge in [0, 0.05) is 24.8 Å². The molecular weight excluding hydrogens is 335 g/mol. The topological polar surface area (TPSA) is 57.3 Å². The number of anilines is 1. The van der Waals surface area contributed by atoms with E-state index in [-0.39, 0.29) is 36.8 Å².